The Kier molecular flexibility index (Phi) is 3.93. The van der Waals surface area contributed by atoms with E-state index in [1.807, 2.05) is 6.92 Å². The second-order valence-corrected chi connectivity index (χ2v) is 5.69. The lowest BCUT2D eigenvalue weighted by Crippen LogP contribution is -2.19. The average molecular weight is 266 g/mol. The van der Waals surface area contributed by atoms with Gasteiger partial charge in [0.05, 0.1) is 16.4 Å². The molecule has 0 aliphatic carbocycles. The lowest BCUT2D eigenvalue weighted by Gasteiger charge is -2.14. The van der Waals surface area contributed by atoms with E-state index in [0.29, 0.717) is 0 Å². The van der Waals surface area contributed by atoms with Gasteiger partial charge in [-0.25, -0.2) is 4.98 Å². The number of rotatable bonds is 4. The van der Waals surface area contributed by atoms with Gasteiger partial charge in [0.2, 0.25) is 0 Å². The van der Waals surface area contributed by atoms with Crippen LogP contribution in [0.1, 0.15) is 23.7 Å². The summed E-state index contributed by atoms with van der Waals surface area (Å²) in [6, 6.07) is 6.37. The smallest absolute Gasteiger partial charge is 0.127 e. The van der Waals surface area contributed by atoms with E-state index in [2.05, 4.69) is 53.7 Å². The van der Waals surface area contributed by atoms with E-state index in [-0.39, 0.29) is 5.38 Å². The van der Waals surface area contributed by atoms with Gasteiger partial charge in [0.15, 0.2) is 0 Å². The minimum atomic E-state index is -0.0696. The molecular weight excluding hydrogens is 246 g/mol. The maximum atomic E-state index is 6.24. The summed E-state index contributed by atoms with van der Waals surface area (Å²) in [5.74, 6) is 0.958. The number of aryl methyl sites for hydroxylation is 1. The Morgan fingerprint density at radius 1 is 1.39 bits per heavy atom. The Bertz CT molecular complexity index is 543. The quantitative estimate of drug-likeness (QED) is 0.792. The van der Waals surface area contributed by atoms with Gasteiger partial charge in [0.1, 0.15) is 5.82 Å². The van der Waals surface area contributed by atoms with Crippen molar-refractivity contribution in [2.75, 3.05) is 20.6 Å². The molecule has 98 valence electrons. The topological polar surface area (TPSA) is 21.1 Å². The predicted molar refractivity (Wildman–Crippen MR) is 77.3 cm³/mol. The first kappa shape index (κ1) is 13.4. The number of fused-ring (bicyclic) bond motifs is 1. The Labute approximate surface area is 113 Å². The second-order valence-electron chi connectivity index (χ2n) is 5.03. The van der Waals surface area contributed by atoms with E-state index in [4.69, 9.17) is 11.6 Å². The first-order valence-corrected chi connectivity index (χ1v) is 6.68. The van der Waals surface area contributed by atoms with Gasteiger partial charge in [0, 0.05) is 13.1 Å². The van der Waals surface area contributed by atoms with Crippen molar-refractivity contribution in [2.45, 2.75) is 25.8 Å². The highest BCUT2D eigenvalue weighted by Gasteiger charge is 2.14. The summed E-state index contributed by atoms with van der Waals surface area (Å²) in [7, 11) is 4.15. The molecule has 0 spiro atoms. The SMILES string of the molecule is Cc1ccc2c(c1)nc(C(C)Cl)n2CCN(C)C. The summed E-state index contributed by atoms with van der Waals surface area (Å²) in [6.07, 6.45) is 0. The lowest BCUT2D eigenvalue weighted by atomic mass is 10.2. The molecule has 1 heterocycles. The molecule has 0 aliphatic rings. The molecule has 0 amide bonds. The maximum absolute atomic E-state index is 6.24. The van der Waals surface area contributed by atoms with E-state index in [1.165, 1.54) is 11.1 Å². The number of likely N-dealkylation sites (N-methyl/N-ethyl adjacent to an activating group) is 1. The van der Waals surface area contributed by atoms with Gasteiger partial charge in [-0.15, -0.1) is 11.6 Å². The fourth-order valence-corrected chi connectivity index (χ4v) is 2.26. The Morgan fingerprint density at radius 3 is 2.72 bits per heavy atom. The third kappa shape index (κ3) is 2.68. The van der Waals surface area contributed by atoms with Crippen LogP contribution in [0, 0.1) is 6.92 Å². The zero-order valence-electron chi connectivity index (χ0n) is 11.4. The van der Waals surface area contributed by atoms with Gasteiger partial charge in [-0.05, 0) is 45.6 Å². The van der Waals surface area contributed by atoms with Crippen molar-refractivity contribution >= 4 is 22.6 Å². The van der Waals surface area contributed by atoms with Gasteiger partial charge in [-0.3, -0.25) is 0 Å². The number of alkyl halides is 1. The molecule has 0 saturated carbocycles. The molecule has 1 aromatic carbocycles. The molecule has 3 nitrogen and oxygen atoms in total. The molecule has 1 atom stereocenters. The molecule has 4 heteroatoms. The van der Waals surface area contributed by atoms with Crippen LogP contribution in [-0.4, -0.2) is 35.1 Å². The van der Waals surface area contributed by atoms with Crippen molar-refractivity contribution < 1.29 is 0 Å². The number of nitrogens with zero attached hydrogens (tertiary/aromatic N) is 3. The second kappa shape index (κ2) is 5.29. The fraction of sp³-hybridized carbons (Fsp3) is 0.500. The average Bonchev–Trinajstić information content (AvgIpc) is 2.64. The van der Waals surface area contributed by atoms with Gasteiger partial charge in [0.25, 0.3) is 0 Å². The van der Waals surface area contributed by atoms with E-state index in [9.17, 15) is 0 Å². The van der Waals surface area contributed by atoms with Crippen molar-refractivity contribution in [3.63, 3.8) is 0 Å². The minimum absolute atomic E-state index is 0.0696. The Morgan fingerprint density at radius 2 is 2.11 bits per heavy atom. The number of hydrogen-bond donors (Lipinski definition) is 0. The largest absolute Gasteiger partial charge is 0.325 e. The van der Waals surface area contributed by atoms with Crippen LogP contribution in [0.3, 0.4) is 0 Å². The first-order valence-electron chi connectivity index (χ1n) is 6.24. The summed E-state index contributed by atoms with van der Waals surface area (Å²) in [6.45, 7) is 5.96. The van der Waals surface area contributed by atoms with Crippen LogP contribution in [0.4, 0.5) is 0 Å². The van der Waals surface area contributed by atoms with E-state index in [0.717, 1.165) is 24.4 Å². The summed E-state index contributed by atoms with van der Waals surface area (Å²) in [5.41, 5.74) is 3.44. The van der Waals surface area contributed by atoms with Gasteiger partial charge < -0.3 is 9.47 Å². The van der Waals surface area contributed by atoms with Crippen molar-refractivity contribution in [3.05, 3.63) is 29.6 Å². The summed E-state index contributed by atoms with van der Waals surface area (Å²) < 4.78 is 2.23. The summed E-state index contributed by atoms with van der Waals surface area (Å²) >= 11 is 6.24. The van der Waals surface area contributed by atoms with Crippen LogP contribution < -0.4 is 0 Å². The number of halogens is 1. The molecular formula is C14H20ClN3. The number of benzene rings is 1. The van der Waals surface area contributed by atoms with Gasteiger partial charge >= 0.3 is 0 Å². The van der Waals surface area contributed by atoms with Gasteiger partial charge in [-0.2, -0.15) is 0 Å². The van der Waals surface area contributed by atoms with Crippen molar-refractivity contribution in [2.24, 2.45) is 0 Å². The third-order valence-electron chi connectivity index (χ3n) is 3.06. The molecule has 0 saturated heterocycles. The van der Waals surface area contributed by atoms with Crippen molar-refractivity contribution in [1.82, 2.24) is 14.5 Å². The summed E-state index contributed by atoms with van der Waals surface area (Å²) in [5, 5.41) is -0.0696. The molecule has 0 N–H and O–H groups in total. The molecule has 0 bridgehead atoms. The van der Waals surface area contributed by atoms with Crippen LogP contribution in [0.25, 0.3) is 11.0 Å². The number of hydrogen-bond acceptors (Lipinski definition) is 2. The first-order chi connectivity index (χ1) is 8.49. The third-order valence-corrected chi connectivity index (χ3v) is 3.26. The van der Waals surface area contributed by atoms with Crippen molar-refractivity contribution in [3.8, 4) is 0 Å². The standard InChI is InChI=1S/C14H20ClN3/c1-10-5-6-13-12(9-10)16-14(11(2)15)18(13)8-7-17(3)4/h5-6,9,11H,7-8H2,1-4H3. The Balaban J connectivity index is 2.48. The molecule has 0 aliphatic heterocycles. The van der Waals surface area contributed by atoms with Crippen LogP contribution in [0.5, 0.6) is 0 Å². The highest BCUT2D eigenvalue weighted by Crippen LogP contribution is 2.25. The summed E-state index contributed by atoms with van der Waals surface area (Å²) in [4.78, 5) is 6.83. The number of imidazole rings is 1. The fourth-order valence-electron chi connectivity index (χ4n) is 2.10. The van der Waals surface area contributed by atoms with E-state index >= 15 is 0 Å². The molecule has 18 heavy (non-hydrogen) atoms. The Hall–Kier alpha value is -1.06. The molecule has 1 aromatic heterocycles. The molecule has 0 fully saturated rings. The van der Waals surface area contributed by atoms with Crippen LogP contribution in [0.15, 0.2) is 18.2 Å². The minimum Gasteiger partial charge on any atom is -0.325 e. The van der Waals surface area contributed by atoms with Gasteiger partial charge in [-0.1, -0.05) is 6.07 Å². The molecule has 0 radical (unpaired) electrons. The highest BCUT2D eigenvalue weighted by atomic mass is 35.5. The molecule has 2 aromatic rings. The lowest BCUT2D eigenvalue weighted by molar-refractivity contribution is 0.383. The molecule has 2 rings (SSSR count). The van der Waals surface area contributed by atoms with E-state index in [1.54, 1.807) is 0 Å². The van der Waals surface area contributed by atoms with Crippen LogP contribution >= 0.6 is 11.6 Å². The zero-order chi connectivity index (χ0) is 13.3. The van der Waals surface area contributed by atoms with Crippen molar-refractivity contribution in [1.29, 1.82) is 0 Å². The van der Waals surface area contributed by atoms with E-state index < -0.39 is 0 Å². The molecule has 1 unspecified atom stereocenters. The van der Waals surface area contributed by atoms with Crippen LogP contribution in [-0.2, 0) is 6.54 Å². The van der Waals surface area contributed by atoms with Crippen LogP contribution in [0.2, 0.25) is 0 Å². The highest BCUT2D eigenvalue weighted by molar-refractivity contribution is 6.20. The monoisotopic (exact) mass is 265 g/mol. The zero-order valence-corrected chi connectivity index (χ0v) is 12.2. The maximum Gasteiger partial charge on any atom is 0.127 e. The number of aromatic nitrogens is 2. The normalized spacial score (nSPS) is 13.4. The predicted octanol–water partition coefficient (Wildman–Crippen LogP) is 3.21.